The van der Waals surface area contributed by atoms with E-state index < -0.39 is 11.5 Å². The third-order valence-electron chi connectivity index (χ3n) is 5.90. The molecule has 1 amide bonds. The van der Waals surface area contributed by atoms with Crippen LogP contribution in [0.3, 0.4) is 0 Å². The highest BCUT2D eigenvalue weighted by Gasteiger charge is 2.25. The number of fused-ring (bicyclic) bond motifs is 1. The molecule has 2 aromatic heterocycles. The van der Waals surface area contributed by atoms with Crippen molar-refractivity contribution in [3.8, 4) is 0 Å². The number of pyridine rings is 1. The van der Waals surface area contributed by atoms with E-state index in [-0.39, 0.29) is 10.7 Å². The van der Waals surface area contributed by atoms with Crippen molar-refractivity contribution in [2.24, 2.45) is 5.92 Å². The van der Waals surface area contributed by atoms with E-state index in [2.05, 4.69) is 17.2 Å². The van der Waals surface area contributed by atoms with Gasteiger partial charge in [0.2, 0.25) is 0 Å². The molecule has 1 saturated carbocycles. The van der Waals surface area contributed by atoms with Crippen LogP contribution >= 0.6 is 11.6 Å². The fourth-order valence-electron chi connectivity index (χ4n) is 4.13. The summed E-state index contributed by atoms with van der Waals surface area (Å²) < 4.78 is 2.05. The molecule has 3 aromatic rings. The Labute approximate surface area is 181 Å². The Morgan fingerprint density at radius 1 is 1.27 bits per heavy atom. The van der Waals surface area contributed by atoms with Gasteiger partial charge >= 0.3 is 0 Å². The number of hydrogen-bond acceptors (Lipinski definition) is 4. The van der Waals surface area contributed by atoms with Gasteiger partial charge in [0.05, 0.1) is 22.2 Å². The molecule has 2 N–H and O–H groups in total. The predicted molar refractivity (Wildman–Crippen MR) is 119 cm³/mol. The van der Waals surface area contributed by atoms with Gasteiger partial charge in [-0.2, -0.15) is 5.10 Å². The van der Waals surface area contributed by atoms with Crippen LogP contribution in [0.5, 0.6) is 0 Å². The first kappa shape index (κ1) is 20.8. The minimum absolute atomic E-state index is 0.146. The number of benzene rings is 1. The van der Waals surface area contributed by atoms with Crippen molar-refractivity contribution in [2.75, 3.05) is 5.32 Å². The van der Waals surface area contributed by atoms with Gasteiger partial charge in [-0.25, -0.2) is 4.98 Å². The summed E-state index contributed by atoms with van der Waals surface area (Å²) in [6, 6.07) is 7.41. The van der Waals surface area contributed by atoms with Crippen LogP contribution in [0.4, 0.5) is 5.69 Å². The number of nitrogens with zero attached hydrogens (tertiary/aromatic N) is 3. The Morgan fingerprint density at radius 3 is 2.67 bits per heavy atom. The van der Waals surface area contributed by atoms with Crippen LogP contribution in [0.2, 0.25) is 5.02 Å². The van der Waals surface area contributed by atoms with Gasteiger partial charge in [0, 0.05) is 29.0 Å². The third kappa shape index (κ3) is 4.20. The number of carbonyl (C=O) groups is 1. The van der Waals surface area contributed by atoms with E-state index in [1.54, 1.807) is 26.0 Å². The van der Waals surface area contributed by atoms with Gasteiger partial charge in [0.15, 0.2) is 0 Å². The molecule has 0 aliphatic heterocycles. The lowest BCUT2D eigenvalue weighted by molar-refractivity contribution is 0.0793. The van der Waals surface area contributed by atoms with Crippen LogP contribution in [-0.2, 0) is 5.60 Å². The van der Waals surface area contributed by atoms with Gasteiger partial charge in [0.1, 0.15) is 5.69 Å². The Morgan fingerprint density at radius 2 is 2.00 bits per heavy atom. The average Bonchev–Trinajstić information content (AvgIpc) is 3.10. The first-order chi connectivity index (χ1) is 14.2. The molecule has 1 fully saturated rings. The molecule has 7 heteroatoms. The van der Waals surface area contributed by atoms with Crippen LogP contribution in [0, 0.1) is 5.92 Å². The van der Waals surface area contributed by atoms with Gasteiger partial charge in [-0.05, 0) is 69.7 Å². The maximum Gasteiger partial charge on any atom is 0.275 e. The molecule has 0 saturated heterocycles. The van der Waals surface area contributed by atoms with Crippen molar-refractivity contribution in [1.29, 1.82) is 0 Å². The molecular formula is C23H27ClN4O2. The number of anilines is 1. The molecule has 4 rings (SSSR count). The number of nitrogens with one attached hydrogen (secondary N) is 1. The van der Waals surface area contributed by atoms with Crippen molar-refractivity contribution < 1.29 is 9.90 Å². The molecule has 0 bridgehead atoms. The van der Waals surface area contributed by atoms with Crippen LogP contribution < -0.4 is 5.32 Å². The summed E-state index contributed by atoms with van der Waals surface area (Å²) in [5.41, 5.74) is 0.915. The number of amides is 1. The van der Waals surface area contributed by atoms with Crippen molar-refractivity contribution in [3.05, 3.63) is 52.9 Å². The van der Waals surface area contributed by atoms with Crippen LogP contribution in [0.1, 0.15) is 68.5 Å². The molecule has 6 nitrogen and oxygen atoms in total. The standard InChI is InChI=1S/C23H27ClN4O2/c1-14-6-8-16(9-7-14)28-13-15-11-20(17(23(2,3)30)12-19(15)27-28)26-22(29)21-18(24)5-4-10-25-21/h4-5,10-14,16,30H,6-9H2,1-3H3,(H,26,29). The Bertz CT molecular complexity index is 1080. The molecule has 1 aromatic carbocycles. The SMILES string of the molecule is CC1CCC(n2cc3cc(NC(=O)c4ncccc4Cl)c(C(C)(C)O)cc3n2)CC1. The topological polar surface area (TPSA) is 80.0 Å². The molecule has 0 unspecified atom stereocenters. The summed E-state index contributed by atoms with van der Waals surface area (Å²) >= 11 is 6.12. The summed E-state index contributed by atoms with van der Waals surface area (Å²) in [5, 5.41) is 19.6. The van der Waals surface area contributed by atoms with Crippen molar-refractivity contribution in [3.63, 3.8) is 0 Å². The number of aromatic nitrogens is 3. The second kappa shape index (κ2) is 8.00. The van der Waals surface area contributed by atoms with Gasteiger partial charge in [0.25, 0.3) is 5.91 Å². The number of carbonyl (C=O) groups excluding carboxylic acids is 1. The maximum absolute atomic E-state index is 12.8. The van der Waals surface area contributed by atoms with Crippen molar-refractivity contribution in [1.82, 2.24) is 14.8 Å². The Hall–Kier alpha value is -2.44. The minimum Gasteiger partial charge on any atom is -0.386 e. The van der Waals surface area contributed by atoms with E-state index >= 15 is 0 Å². The van der Waals surface area contributed by atoms with Gasteiger partial charge in [-0.1, -0.05) is 18.5 Å². The number of hydrogen-bond donors (Lipinski definition) is 2. The fraction of sp³-hybridized carbons (Fsp3) is 0.435. The van der Waals surface area contributed by atoms with Crippen LogP contribution in [0.15, 0.2) is 36.7 Å². The normalized spacial score (nSPS) is 19.8. The van der Waals surface area contributed by atoms with Gasteiger partial charge in [-0.15, -0.1) is 0 Å². The zero-order valence-corrected chi connectivity index (χ0v) is 18.3. The lowest BCUT2D eigenvalue weighted by atomic mass is 9.87. The molecule has 1 aliphatic carbocycles. The summed E-state index contributed by atoms with van der Waals surface area (Å²) in [7, 11) is 0. The second-order valence-corrected chi connectivity index (χ2v) is 9.23. The van der Waals surface area contributed by atoms with E-state index in [0.717, 1.165) is 29.7 Å². The van der Waals surface area contributed by atoms with E-state index in [4.69, 9.17) is 16.7 Å². The van der Waals surface area contributed by atoms with Crippen LogP contribution in [0.25, 0.3) is 10.9 Å². The summed E-state index contributed by atoms with van der Waals surface area (Å²) in [6.45, 7) is 5.68. The Kier molecular flexibility index (Phi) is 5.55. The highest BCUT2D eigenvalue weighted by atomic mass is 35.5. The predicted octanol–water partition coefficient (Wildman–Crippen LogP) is 5.32. The second-order valence-electron chi connectivity index (χ2n) is 8.83. The van der Waals surface area contributed by atoms with E-state index in [9.17, 15) is 9.90 Å². The molecule has 2 heterocycles. The van der Waals surface area contributed by atoms with Crippen molar-refractivity contribution >= 4 is 34.1 Å². The quantitative estimate of drug-likeness (QED) is 0.592. The first-order valence-electron chi connectivity index (χ1n) is 10.4. The molecule has 158 valence electrons. The number of halogens is 1. The zero-order chi connectivity index (χ0) is 21.5. The molecule has 30 heavy (non-hydrogen) atoms. The molecule has 1 aliphatic rings. The average molecular weight is 427 g/mol. The smallest absolute Gasteiger partial charge is 0.275 e. The lowest BCUT2D eigenvalue weighted by Gasteiger charge is -2.26. The monoisotopic (exact) mass is 426 g/mol. The summed E-state index contributed by atoms with van der Waals surface area (Å²) in [5.74, 6) is 0.354. The summed E-state index contributed by atoms with van der Waals surface area (Å²) in [6.07, 6.45) is 8.22. The minimum atomic E-state index is -1.16. The van der Waals surface area contributed by atoms with Crippen LogP contribution in [-0.4, -0.2) is 25.8 Å². The first-order valence-corrected chi connectivity index (χ1v) is 10.8. The van der Waals surface area contributed by atoms with Gasteiger partial charge < -0.3 is 10.4 Å². The molecule has 0 atom stereocenters. The highest BCUT2D eigenvalue weighted by Crippen LogP contribution is 2.35. The van der Waals surface area contributed by atoms with E-state index in [0.29, 0.717) is 17.3 Å². The lowest BCUT2D eigenvalue weighted by Crippen LogP contribution is -2.21. The fourth-order valence-corrected chi connectivity index (χ4v) is 4.34. The Balaban J connectivity index is 1.71. The van der Waals surface area contributed by atoms with E-state index in [1.807, 2.05) is 23.0 Å². The number of aliphatic hydroxyl groups is 1. The molecule has 0 spiro atoms. The van der Waals surface area contributed by atoms with E-state index in [1.165, 1.54) is 19.0 Å². The summed E-state index contributed by atoms with van der Waals surface area (Å²) in [4.78, 5) is 16.8. The molecular weight excluding hydrogens is 400 g/mol. The maximum atomic E-state index is 12.8. The van der Waals surface area contributed by atoms with Crippen molar-refractivity contribution in [2.45, 2.75) is 58.1 Å². The van der Waals surface area contributed by atoms with Gasteiger partial charge in [-0.3, -0.25) is 9.48 Å². The molecule has 0 radical (unpaired) electrons. The third-order valence-corrected chi connectivity index (χ3v) is 6.21. The largest absolute Gasteiger partial charge is 0.386 e. The zero-order valence-electron chi connectivity index (χ0n) is 17.5. The number of rotatable bonds is 4. The highest BCUT2D eigenvalue weighted by molar-refractivity contribution is 6.34.